The summed E-state index contributed by atoms with van der Waals surface area (Å²) < 4.78 is 5.50. The minimum absolute atomic E-state index is 0.178. The first-order valence-electron chi connectivity index (χ1n) is 6.44. The summed E-state index contributed by atoms with van der Waals surface area (Å²) in [7, 11) is 0. The van der Waals surface area contributed by atoms with Crippen LogP contribution in [-0.2, 0) is 16.1 Å². The van der Waals surface area contributed by atoms with Gasteiger partial charge in [0.2, 0.25) is 5.91 Å². The number of nitrogens with zero attached hydrogens (tertiary/aromatic N) is 1. The third-order valence-corrected chi connectivity index (χ3v) is 2.69. The largest absolute Gasteiger partial charge is 0.398 e. The number of benzene rings is 1. The highest BCUT2D eigenvalue weighted by Gasteiger charge is 2.11. The van der Waals surface area contributed by atoms with E-state index < -0.39 is 0 Å². The van der Waals surface area contributed by atoms with Gasteiger partial charge in [0.25, 0.3) is 0 Å². The monoisotopic (exact) mass is 265 g/mol. The van der Waals surface area contributed by atoms with Crippen LogP contribution in [0.4, 0.5) is 5.69 Å². The van der Waals surface area contributed by atoms with Crippen molar-refractivity contribution in [1.82, 2.24) is 4.90 Å². The van der Waals surface area contributed by atoms with E-state index in [4.69, 9.17) is 16.2 Å². The number of hydrogen-bond acceptors (Lipinski definition) is 4. The van der Waals surface area contributed by atoms with Gasteiger partial charge in [0.05, 0.1) is 19.3 Å². The average molecular weight is 265 g/mol. The van der Waals surface area contributed by atoms with Gasteiger partial charge in [-0.1, -0.05) is 18.2 Å². The molecule has 1 aromatic rings. The van der Waals surface area contributed by atoms with Crippen molar-refractivity contribution in [1.29, 1.82) is 0 Å². The van der Waals surface area contributed by atoms with Crippen LogP contribution in [0.25, 0.3) is 0 Å². The molecule has 0 aliphatic rings. The smallest absolute Gasteiger partial charge is 0.231 e. The first-order chi connectivity index (χ1) is 8.99. The second-order valence-electron chi connectivity index (χ2n) is 4.80. The van der Waals surface area contributed by atoms with Crippen LogP contribution in [0.2, 0.25) is 0 Å². The number of primary amides is 1. The van der Waals surface area contributed by atoms with E-state index in [1.807, 2.05) is 43.0 Å². The molecule has 0 saturated carbocycles. The van der Waals surface area contributed by atoms with E-state index in [-0.39, 0.29) is 18.6 Å². The van der Waals surface area contributed by atoms with E-state index in [2.05, 4.69) is 0 Å². The van der Waals surface area contributed by atoms with E-state index in [1.165, 1.54) is 0 Å². The van der Waals surface area contributed by atoms with Crippen LogP contribution in [0.1, 0.15) is 19.4 Å². The van der Waals surface area contributed by atoms with E-state index in [0.29, 0.717) is 19.7 Å². The SMILES string of the molecule is CC(C)OCCN(CC(N)=O)Cc1ccccc1N. The van der Waals surface area contributed by atoms with Crippen molar-refractivity contribution in [3.63, 3.8) is 0 Å². The van der Waals surface area contributed by atoms with Gasteiger partial charge in [-0.05, 0) is 25.5 Å². The highest BCUT2D eigenvalue weighted by Crippen LogP contribution is 2.13. The molecule has 4 N–H and O–H groups in total. The zero-order chi connectivity index (χ0) is 14.3. The van der Waals surface area contributed by atoms with Crippen molar-refractivity contribution in [3.8, 4) is 0 Å². The van der Waals surface area contributed by atoms with Crippen LogP contribution in [0.3, 0.4) is 0 Å². The Bertz CT molecular complexity index is 407. The number of anilines is 1. The number of carbonyl (C=O) groups is 1. The summed E-state index contributed by atoms with van der Waals surface area (Å²) in [5.74, 6) is -0.348. The lowest BCUT2D eigenvalue weighted by Gasteiger charge is -2.22. The van der Waals surface area contributed by atoms with E-state index in [0.717, 1.165) is 11.3 Å². The Morgan fingerprint density at radius 1 is 1.37 bits per heavy atom. The van der Waals surface area contributed by atoms with Crippen molar-refractivity contribution in [2.75, 3.05) is 25.4 Å². The fraction of sp³-hybridized carbons (Fsp3) is 0.500. The molecule has 0 aliphatic carbocycles. The second-order valence-corrected chi connectivity index (χ2v) is 4.80. The number of carbonyl (C=O) groups excluding carboxylic acids is 1. The highest BCUT2D eigenvalue weighted by molar-refractivity contribution is 5.75. The van der Waals surface area contributed by atoms with Gasteiger partial charge in [0.1, 0.15) is 0 Å². The number of nitrogen functional groups attached to an aromatic ring is 1. The number of nitrogens with two attached hydrogens (primary N) is 2. The molecule has 1 amide bonds. The molecule has 5 nitrogen and oxygen atoms in total. The number of para-hydroxylation sites is 1. The molecule has 0 fully saturated rings. The molecule has 1 rings (SSSR count). The molecule has 0 heterocycles. The van der Waals surface area contributed by atoms with Crippen molar-refractivity contribution in [2.24, 2.45) is 5.73 Å². The number of hydrogen-bond donors (Lipinski definition) is 2. The Kier molecular flexibility index (Phi) is 6.32. The molecule has 0 unspecified atom stereocenters. The zero-order valence-electron chi connectivity index (χ0n) is 11.6. The molecule has 5 heteroatoms. The molecule has 0 aromatic heterocycles. The molecule has 19 heavy (non-hydrogen) atoms. The average Bonchev–Trinajstić information content (AvgIpc) is 2.30. The summed E-state index contributed by atoms with van der Waals surface area (Å²) in [6.07, 6.45) is 0.178. The number of ether oxygens (including phenoxy) is 1. The van der Waals surface area contributed by atoms with Crippen LogP contribution >= 0.6 is 0 Å². The molecule has 0 spiro atoms. The molecule has 0 saturated heterocycles. The Morgan fingerprint density at radius 2 is 2.05 bits per heavy atom. The predicted molar refractivity (Wildman–Crippen MR) is 76.4 cm³/mol. The molecular weight excluding hydrogens is 242 g/mol. The maximum Gasteiger partial charge on any atom is 0.231 e. The summed E-state index contributed by atoms with van der Waals surface area (Å²) in [5, 5.41) is 0. The van der Waals surface area contributed by atoms with E-state index in [1.54, 1.807) is 0 Å². The summed E-state index contributed by atoms with van der Waals surface area (Å²) in [6, 6.07) is 7.62. The first-order valence-corrected chi connectivity index (χ1v) is 6.44. The Morgan fingerprint density at radius 3 is 2.63 bits per heavy atom. The summed E-state index contributed by atoms with van der Waals surface area (Å²) in [5.41, 5.74) is 12.9. The molecule has 0 bridgehead atoms. The van der Waals surface area contributed by atoms with Crippen LogP contribution in [0.5, 0.6) is 0 Å². The van der Waals surface area contributed by atoms with E-state index in [9.17, 15) is 4.79 Å². The second kappa shape index (κ2) is 7.76. The Balaban J connectivity index is 2.58. The molecular formula is C14H23N3O2. The quantitative estimate of drug-likeness (QED) is 0.687. The Hall–Kier alpha value is -1.59. The lowest BCUT2D eigenvalue weighted by molar-refractivity contribution is -0.119. The Labute approximate surface area is 114 Å². The van der Waals surface area contributed by atoms with Gasteiger partial charge >= 0.3 is 0 Å². The topological polar surface area (TPSA) is 81.6 Å². The molecule has 0 aliphatic heterocycles. The number of amides is 1. The van der Waals surface area contributed by atoms with Crippen LogP contribution in [-0.4, -0.2) is 36.6 Å². The van der Waals surface area contributed by atoms with Gasteiger partial charge in [0.15, 0.2) is 0 Å². The summed E-state index contributed by atoms with van der Waals surface area (Å²) in [6.45, 7) is 5.97. The van der Waals surface area contributed by atoms with Crippen molar-refractivity contribution in [3.05, 3.63) is 29.8 Å². The molecule has 1 aromatic carbocycles. The minimum atomic E-state index is -0.348. The van der Waals surface area contributed by atoms with Gasteiger partial charge in [0, 0.05) is 18.8 Å². The third-order valence-electron chi connectivity index (χ3n) is 2.69. The van der Waals surface area contributed by atoms with Crippen LogP contribution in [0.15, 0.2) is 24.3 Å². The third kappa shape index (κ3) is 6.22. The first kappa shape index (κ1) is 15.5. The van der Waals surface area contributed by atoms with Gasteiger partial charge in [-0.3, -0.25) is 9.69 Å². The van der Waals surface area contributed by atoms with Crippen molar-refractivity contribution in [2.45, 2.75) is 26.5 Å². The maximum absolute atomic E-state index is 11.1. The summed E-state index contributed by atoms with van der Waals surface area (Å²) in [4.78, 5) is 13.0. The fourth-order valence-corrected chi connectivity index (χ4v) is 1.77. The molecule has 106 valence electrons. The standard InChI is InChI=1S/C14H23N3O2/c1-11(2)19-8-7-17(10-14(16)18)9-12-5-3-4-6-13(12)15/h3-6,11H,7-10,15H2,1-2H3,(H2,16,18). The lowest BCUT2D eigenvalue weighted by Crippen LogP contribution is -2.36. The lowest BCUT2D eigenvalue weighted by atomic mass is 10.1. The van der Waals surface area contributed by atoms with Crippen molar-refractivity contribution < 1.29 is 9.53 Å². The zero-order valence-corrected chi connectivity index (χ0v) is 11.6. The normalized spacial score (nSPS) is 11.2. The van der Waals surface area contributed by atoms with Gasteiger partial charge in [-0.15, -0.1) is 0 Å². The van der Waals surface area contributed by atoms with Gasteiger partial charge in [-0.2, -0.15) is 0 Å². The minimum Gasteiger partial charge on any atom is -0.398 e. The highest BCUT2D eigenvalue weighted by atomic mass is 16.5. The molecule has 0 radical (unpaired) electrons. The van der Waals surface area contributed by atoms with Crippen LogP contribution in [0, 0.1) is 0 Å². The van der Waals surface area contributed by atoms with Gasteiger partial charge < -0.3 is 16.2 Å². The molecule has 0 atom stereocenters. The predicted octanol–water partition coefficient (Wildman–Crippen LogP) is 0.981. The summed E-state index contributed by atoms with van der Waals surface area (Å²) >= 11 is 0. The van der Waals surface area contributed by atoms with Crippen molar-refractivity contribution >= 4 is 11.6 Å². The maximum atomic E-state index is 11.1. The van der Waals surface area contributed by atoms with Crippen LogP contribution < -0.4 is 11.5 Å². The van der Waals surface area contributed by atoms with E-state index >= 15 is 0 Å². The van der Waals surface area contributed by atoms with Gasteiger partial charge in [-0.25, -0.2) is 0 Å². The fourth-order valence-electron chi connectivity index (χ4n) is 1.77. The number of rotatable bonds is 8.